The van der Waals surface area contributed by atoms with Gasteiger partial charge in [0.2, 0.25) is 0 Å². The summed E-state index contributed by atoms with van der Waals surface area (Å²) in [6, 6.07) is 7.79. The molecule has 1 aliphatic rings. The Morgan fingerprint density at radius 1 is 1.21 bits per heavy atom. The molecule has 1 N–H and O–H groups in total. The number of allylic oxidation sites excluding steroid dienone is 1. The summed E-state index contributed by atoms with van der Waals surface area (Å²) in [4.78, 5) is 4.61. The lowest BCUT2D eigenvalue weighted by molar-refractivity contribution is 0.0424. The number of ether oxygens (including phenoxy) is 2. The number of methoxy groups -OCH3 is 1. The van der Waals surface area contributed by atoms with Gasteiger partial charge in [-0.15, -0.1) is 6.58 Å². The maximum absolute atomic E-state index is 10.4. The Labute approximate surface area is 172 Å². The number of aliphatic hydroxyl groups is 1. The summed E-state index contributed by atoms with van der Waals surface area (Å²) >= 11 is 0. The number of benzene rings is 1. The maximum atomic E-state index is 10.4. The van der Waals surface area contributed by atoms with Gasteiger partial charge in [-0.25, -0.2) is 0 Å². The Morgan fingerprint density at radius 3 is 2.62 bits per heavy atom. The minimum atomic E-state index is -0.559. The van der Waals surface area contributed by atoms with Crippen molar-refractivity contribution >= 4 is 0 Å². The molecule has 1 atom stereocenters. The second-order valence-electron chi connectivity index (χ2n) is 7.45. The lowest BCUT2D eigenvalue weighted by atomic mass is 10.1. The predicted molar refractivity (Wildman–Crippen MR) is 111 cm³/mol. The maximum Gasteiger partial charge on any atom is 0.161 e. The summed E-state index contributed by atoms with van der Waals surface area (Å²) in [5, 5.41) is 14.3. The molecule has 2 aromatic rings. The van der Waals surface area contributed by atoms with E-state index in [1.165, 1.54) is 0 Å². The Morgan fingerprint density at radius 2 is 1.97 bits per heavy atom. The van der Waals surface area contributed by atoms with E-state index >= 15 is 0 Å². The van der Waals surface area contributed by atoms with Crippen LogP contribution in [0, 0.1) is 6.92 Å². The molecule has 1 fully saturated rings. The lowest BCUT2D eigenvalue weighted by Gasteiger charge is -2.35. The van der Waals surface area contributed by atoms with E-state index in [9.17, 15) is 5.11 Å². The Bertz CT molecular complexity index is 784. The van der Waals surface area contributed by atoms with E-state index in [4.69, 9.17) is 14.0 Å². The normalized spacial score (nSPS) is 16.5. The average molecular weight is 402 g/mol. The summed E-state index contributed by atoms with van der Waals surface area (Å²) < 4.78 is 16.5. The third kappa shape index (κ3) is 6.32. The zero-order chi connectivity index (χ0) is 20.6. The molecule has 7 nitrogen and oxygen atoms in total. The van der Waals surface area contributed by atoms with Crippen LogP contribution in [0.3, 0.4) is 0 Å². The van der Waals surface area contributed by atoms with Crippen molar-refractivity contribution in [1.82, 2.24) is 15.0 Å². The van der Waals surface area contributed by atoms with Crippen LogP contribution in [0.1, 0.15) is 17.0 Å². The fourth-order valence-electron chi connectivity index (χ4n) is 3.50. The van der Waals surface area contributed by atoms with E-state index in [-0.39, 0.29) is 6.61 Å². The number of hydrogen-bond acceptors (Lipinski definition) is 7. The highest BCUT2D eigenvalue weighted by atomic mass is 16.5. The van der Waals surface area contributed by atoms with E-state index in [0.717, 1.165) is 56.2 Å². The van der Waals surface area contributed by atoms with Gasteiger partial charge in [-0.05, 0) is 31.0 Å². The van der Waals surface area contributed by atoms with E-state index in [1.807, 2.05) is 37.3 Å². The van der Waals surface area contributed by atoms with Gasteiger partial charge in [0.1, 0.15) is 12.7 Å². The molecule has 0 aliphatic carbocycles. The van der Waals surface area contributed by atoms with Gasteiger partial charge < -0.3 is 19.1 Å². The molecular weight excluding hydrogens is 370 g/mol. The van der Waals surface area contributed by atoms with Gasteiger partial charge in [-0.1, -0.05) is 17.3 Å². The van der Waals surface area contributed by atoms with E-state index < -0.39 is 6.10 Å². The van der Waals surface area contributed by atoms with Crippen LogP contribution in [0.5, 0.6) is 11.5 Å². The van der Waals surface area contributed by atoms with Crippen molar-refractivity contribution in [2.75, 3.05) is 46.4 Å². The van der Waals surface area contributed by atoms with Crippen molar-refractivity contribution in [3.63, 3.8) is 0 Å². The fourth-order valence-corrected chi connectivity index (χ4v) is 3.50. The molecule has 1 unspecified atom stereocenters. The Kier molecular flexibility index (Phi) is 7.69. The molecule has 0 amide bonds. The van der Waals surface area contributed by atoms with Gasteiger partial charge >= 0.3 is 0 Å². The number of aliphatic hydroxyl groups excluding tert-OH is 1. The highest BCUT2D eigenvalue weighted by Gasteiger charge is 2.21. The smallest absolute Gasteiger partial charge is 0.161 e. The van der Waals surface area contributed by atoms with Crippen LogP contribution in [0.4, 0.5) is 0 Å². The van der Waals surface area contributed by atoms with Crippen LogP contribution in [0.2, 0.25) is 0 Å². The molecule has 0 spiro atoms. The molecule has 1 aromatic heterocycles. The number of piperazine rings is 1. The number of aryl methyl sites for hydroxylation is 1. The predicted octanol–water partition coefficient (Wildman–Crippen LogP) is 2.28. The third-order valence-corrected chi connectivity index (χ3v) is 5.03. The van der Waals surface area contributed by atoms with Crippen LogP contribution in [0.25, 0.3) is 0 Å². The van der Waals surface area contributed by atoms with Crippen molar-refractivity contribution < 1.29 is 19.1 Å². The van der Waals surface area contributed by atoms with Crippen LogP contribution >= 0.6 is 0 Å². The van der Waals surface area contributed by atoms with Crippen LogP contribution in [-0.4, -0.2) is 72.6 Å². The SMILES string of the molecule is C=CCc1ccc(OCC(O)CN2CCN(Cc3cc(C)no3)CC2)c(OC)c1. The first-order chi connectivity index (χ1) is 14.1. The second-order valence-corrected chi connectivity index (χ2v) is 7.45. The van der Waals surface area contributed by atoms with E-state index in [0.29, 0.717) is 18.0 Å². The van der Waals surface area contributed by atoms with Gasteiger partial charge in [0, 0.05) is 38.8 Å². The largest absolute Gasteiger partial charge is 0.493 e. The van der Waals surface area contributed by atoms with Gasteiger partial charge in [0.15, 0.2) is 17.3 Å². The number of aromatic nitrogens is 1. The highest BCUT2D eigenvalue weighted by molar-refractivity contribution is 5.43. The average Bonchev–Trinajstić information content (AvgIpc) is 3.13. The van der Waals surface area contributed by atoms with Gasteiger partial charge in [0.25, 0.3) is 0 Å². The summed E-state index contributed by atoms with van der Waals surface area (Å²) in [6.07, 6.45) is 2.07. The van der Waals surface area contributed by atoms with E-state index in [1.54, 1.807) is 7.11 Å². The zero-order valence-corrected chi connectivity index (χ0v) is 17.3. The summed E-state index contributed by atoms with van der Waals surface area (Å²) in [5.41, 5.74) is 2.02. The van der Waals surface area contributed by atoms with Crippen LogP contribution in [-0.2, 0) is 13.0 Å². The van der Waals surface area contributed by atoms with Crippen molar-refractivity contribution in [1.29, 1.82) is 0 Å². The van der Waals surface area contributed by atoms with Gasteiger partial charge in [-0.3, -0.25) is 9.80 Å². The minimum absolute atomic E-state index is 0.231. The van der Waals surface area contributed by atoms with Crippen molar-refractivity contribution in [3.8, 4) is 11.5 Å². The molecular formula is C22H31N3O4. The lowest BCUT2D eigenvalue weighted by Crippen LogP contribution is -2.48. The first kappa shape index (κ1) is 21.4. The van der Waals surface area contributed by atoms with E-state index in [2.05, 4.69) is 21.5 Å². The second kappa shape index (κ2) is 10.4. The molecule has 0 radical (unpaired) electrons. The Hall–Kier alpha value is -2.35. The molecule has 3 rings (SSSR count). The summed E-state index contributed by atoms with van der Waals surface area (Å²) in [6.45, 7) is 11.0. The molecule has 0 saturated carbocycles. The molecule has 158 valence electrons. The molecule has 1 saturated heterocycles. The van der Waals surface area contributed by atoms with Crippen molar-refractivity contribution in [2.24, 2.45) is 0 Å². The first-order valence-electron chi connectivity index (χ1n) is 10.0. The topological polar surface area (TPSA) is 71.2 Å². The zero-order valence-electron chi connectivity index (χ0n) is 17.3. The highest BCUT2D eigenvalue weighted by Crippen LogP contribution is 2.28. The molecule has 1 aliphatic heterocycles. The molecule has 7 heteroatoms. The number of hydrogen-bond donors (Lipinski definition) is 1. The molecule has 29 heavy (non-hydrogen) atoms. The number of nitrogens with zero attached hydrogens (tertiary/aromatic N) is 3. The summed E-state index contributed by atoms with van der Waals surface area (Å²) in [5.74, 6) is 2.22. The van der Waals surface area contributed by atoms with Gasteiger partial charge in [-0.2, -0.15) is 0 Å². The first-order valence-corrected chi connectivity index (χ1v) is 10.0. The fraction of sp³-hybridized carbons (Fsp3) is 0.500. The standard InChI is InChI=1S/C22H31N3O4/c1-4-5-18-6-7-21(22(13-18)27-3)28-16-19(26)14-24-8-10-25(11-9-24)15-20-12-17(2)23-29-20/h4,6-7,12-13,19,26H,1,5,8-11,14-16H2,2-3H3. The third-order valence-electron chi connectivity index (χ3n) is 5.03. The minimum Gasteiger partial charge on any atom is -0.493 e. The van der Waals surface area contributed by atoms with Gasteiger partial charge in [0.05, 0.1) is 19.3 Å². The summed E-state index contributed by atoms with van der Waals surface area (Å²) in [7, 11) is 1.62. The molecule has 2 heterocycles. The molecule has 1 aromatic carbocycles. The monoisotopic (exact) mass is 401 g/mol. The number of rotatable bonds is 10. The number of β-amino-alcohol motifs (C(OH)–C–C–N with tert-alkyl or cyclic N) is 1. The van der Waals surface area contributed by atoms with Crippen molar-refractivity contribution in [2.45, 2.75) is 26.0 Å². The van der Waals surface area contributed by atoms with Crippen molar-refractivity contribution in [3.05, 3.63) is 53.9 Å². The van der Waals surface area contributed by atoms with Crippen LogP contribution in [0.15, 0.2) is 41.4 Å². The quantitative estimate of drug-likeness (QED) is 0.613. The Balaban J connectivity index is 1.41. The molecule has 0 bridgehead atoms. The van der Waals surface area contributed by atoms with Crippen LogP contribution < -0.4 is 9.47 Å².